The Kier molecular flexibility index (Phi) is 5.13. The molecule has 0 saturated heterocycles. The lowest BCUT2D eigenvalue weighted by molar-refractivity contribution is 0.300. The summed E-state index contributed by atoms with van der Waals surface area (Å²) >= 11 is 0. The molecule has 0 N–H and O–H groups in total. The Morgan fingerprint density at radius 1 is 1.50 bits per heavy atom. The van der Waals surface area contributed by atoms with Gasteiger partial charge in [0.05, 0.1) is 12.7 Å². The van der Waals surface area contributed by atoms with Crippen LogP contribution in [0.15, 0.2) is 23.1 Å². The van der Waals surface area contributed by atoms with E-state index in [0.29, 0.717) is 12.4 Å². The fourth-order valence-corrected chi connectivity index (χ4v) is 1.36. The molecular weight excluding hydrogens is 204 g/mol. The first kappa shape index (κ1) is 12.3. The van der Waals surface area contributed by atoms with E-state index in [0.717, 1.165) is 19.3 Å². The molecule has 86 valence electrons. The summed E-state index contributed by atoms with van der Waals surface area (Å²) in [5, 5.41) is 8.53. The Labute approximate surface area is 95.1 Å². The number of hydrogen-bond donors (Lipinski definition) is 0. The summed E-state index contributed by atoms with van der Waals surface area (Å²) < 4.78 is 6.73. The molecule has 0 amide bonds. The van der Waals surface area contributed by atoms with Crippen LogP contribution in [0.25, 0.3) is 0 Å². The number of nitrogens with zero attached hydrogens (tertiary/aromatic N) is 2. The SMILES string of the molecule is CCCCCOc1cccn(CC#N)c1=O. The highest BCUT2D eigenvalue weighted by molar-refractivity contribution is 5.17. The molecule has 0 spiro atoms. The van der Waals surface area contributed by atoms with Crippen LogP contribution >= 0.6 is 0 Å². The summed E-state index contributed by atoms with van der Waals surface area (Å²) in [6, 6.07) is 5.29. The first-order chi connectivity index (χ1) is 7.79. The third kappa shape index (κ3) is 3.43. The molecule has 0 fully saturated rings. The van der Waals surface area contributed by atoms with Gasteiger partial charge in [-0.05, 0) is 18.6 Å². The molecule has 0 atom stereocenters. The molecule has 1 heterocycles. The van der Waals surface area contributed by atoms with Crippen LogP contribution in [0.3, 0.4) is 0 Å². The lowest BCUT2D eigenvalue weighted by Crippen LogP contribution is -2.21. The Bertz CT molecular complexity index is 418. The molecule has 0 unspecified atom stereocenters. The van der Waals surface area contributed by atoms with Crippen LogP contribution < -0.4 is 10.3 Å². The Hall–Kier alpha value is -1.76. The van der Waals surface area contributed by atoms with Gasteiger partial charge in [0.1, 0.15) is 6.54 Å². The largest absolute Gasteiger partial charge is 0.488 e. The van der Waals surface area contributed by atoms with Crippen molar-refractivity contribution in [2.45, 2.75) is 32.7 Å². The maximum Gasteiger partial charge on any atom is 0.293 e. The van der Waals surface area contributed by atoms with Gasteiger partial charge in [0.15, 0.2) is 5.75 Å². The van der Waals surface area contributed by atoms with Crippen LogP contribution in [-0.4, -0.2) is 11.2 Å². The first-order valence-electron chi connectivity index (χ1n) is 5.48. The standard InChI is InChI=1S/C12H16N2O2/c1-2-3-4-10-16-11-6-5-8-14(9-7-13)12(11)15/h5-6,8H,2-4,9-10H2,1H3. The number of rotatable bonds is 6. The molecule has 1 rings (SSSR count). The van der Waals surface area contributed by atoms with E-state index >= 15 is 0 Å². The zero-order chi connectivity index (χ0) is 11.8. The van der Waals surface area contributed by atoms with Crippen molar-refractivity contribution in [3.63, 3.8) is 0 Å². The van der Waals surface area contributed by atoms with Crippen molar-refractivity contribution >= 4 is 0 Å². The van der Waals surface area contributed by atoms with E-state index in [2.05, 4.69) is 6.92 Å². The van der Waals surface area contributed by atoms with Crippen LogP contribution in [0.4, 0.5) is 0 Å². The second-order valence-corrected chi connectivity index (χ2v) is 3.52. The summed E-state index contributed by atoms with van der Waals surface area (Å²) in [7, 11) is 0. The minimum atomic E-state index is -0.236. The summed E-state index contributed by atoms with van der Waals surface area (Å²) in [4.78, 5) is 11.7. The van der Waals surface area contributed by atoms with Crippen LogP contribution in [-0.2, 0) is 6.54 Å². The van der Waals surface area contributed by atoms with E-state index in [4.69, 9.17) is 10.00 Å². The van der Waals surface area contributed by atoms with Crippen molar-refractivity contribution < 1.29 is 4.74 Å². The predicted molar refractivity (Wildman–Crippen MR) is 61.3 cm³/mol. The van der Waals surface area contributed by atoms with Crippen molar-refractivity contribution in [3.8, 4) is 11.8 Å². The van der Waals surface area contributed by atoms with Crippen LogP contribution in [0.2, 0.25) is 0 Å². The second kappa shape index (κ2) is 6.67. The first-order valence-corrected chi connectivity index (χ1v) is 5.48. The fourth-order valence-electron chi connectivity index (χ4n) is 1.36. The topological polar surface area (TPSA) is 55.0 Å². The third-order valence-corrected chi connectivity index (χ3v) is 2.23. The molecule has 0 aliphatic rings. The van der Waals surface area contributed by atoms with Crippen molar-refractivity contribution in [2.75, 3.05) is 6.61 Å². The van der Waals surface area contributed by atoms with Gasteiger partial charge in [-0.15, -0.1) is 0 Å². The van der Waals surface area contributed by atoms with Gasteiger partial charge in [0.2, 0.25) is 0 Å². The van der Waals surface area contributed by atoms with Crippen LogP contribution in [0.5, 0.6) is 5.75 Å². The monoisotopic (exact) mass is 220 g/mol. The van der Waals surface area contributed by atoms with Gasteiger partial charge in [0.25, 0.3) is 5.56 Å². The Balaban J connectivity index is 2.63. The molecule has 0 aromatic carbocycles. The van der Waals surface area contributed by atoms with Crippen molar-refractivity contribution in [1.82, 2.24) is 4.57 Å². The van der Waals surface area contributed by atoms with Crippen LogP contribution in [0.1, 0.15) is 26.2 Å². The van der Waals surface area contributed by atoms with Crippen molar-refractivity contribution in [1.29, 1.82) is 5.26 Å². The molecule has 4 nitrogen and oxygen atoms in total. The number of aromatic nitrogens is 1. The van der Waals surface area contributed by atoms with Gasteiger partial charge in [-0.25, -0.2) is 0 Å². The highest BCUT2D eigenvalue weighted by Crippen LogP contribution is 2.03. The van der Waals surface area contributed by atoms with Gasteiger partial charge >= 0.3 is 0 Å². The lowest BCUT2D eigenvalue weighted by atomic mass is 10.3. The molecule has 1 aromatic heterocycles. The van der Waals surface area contributed by atoms with E-state index in [1.54, 1.807) is 18.3 Å². The van der Waals surface area contributed by atoms with Gasteiger partial charge in [-0.2, -0.15) is 5.26 Å². The summed E-state index contributed by atoms with van der Waals surface area (Å²) in [5.41, 5.74) is -0.236. The number of unbranched alkanes of at least 4 members (excludes halogenated alkanes) is 2. The van der Waals surface area contributed by atoms with E-state index in [1.807, 2.05) is 6.07 Å². The van der Waals surface area contributed by atoms with E-state index in [1.165, 1.54) is 4.57 Å². The molecule has 0 radical (unpaired) electrons. The maximum atomic E-state index is 11.7. The molecule has 1 aromatic rings. The third-order valence-electron chi connectivity index (χ3n) is 2.23. The van der Waals surface area contributed by atoms with Gasteiger partial charge in [0, 0.05) is 6.20 Å². The molecule has 4 heteroatoms. The predicted octanol–water partition coefficient (Wildman–Crippen LogP) is 1.94. The smallest absolute Gasteiger partial charge is 0.293 e. The van der Waals surface area contributed by atoms with Crippen molar-refractivity contribution in [3.05, 3.63) is 28.7 Å². The zero-order valence-corrected chi connectivity index (χ0v) is 9.48. The number of pyridine rings is 1. The van der Waals surface area contributed by atoms with Crippen LogP contribution in [0, 0.1) is 11.3 Å². The van der Waals surface area contributed by atoms with E-state index in [-0.39, 0.29) is 12.1 Å². The molecule has 16 heavy (non-hydrogen) atoms. The average molecular weight is 220 g/mol. The number of hydrogen-bond acceptors (Lipinski definition) is 3. The molecule has 0 bridgehead atoms. The van der Waals surface area contributed by atoms with Gasteiger partial charge in [-0.1, -0.05) is 19.8 Å². The normalized spacial score (nSPS) is 9.75. The quantitative estimate of drug-likeness (QED) is 0.688. The Morgan fingerprint density at radius 3 is 3.00 bits per heavy atom. The lowest BCUT2D eigenvalue weighted by Gasteiger charge is -2.06. The van der Waals surface area contributed by atoms with Gasteiger partial charge < -0.3 is 4.74 Å². The second-order valence-electron chi connectivity index (χ2n) is 3.52. The number of ether oxygens (including phenoxy) is 1. The molecule has 0 aliphatic carbocycles. The number of nitriles is 1. The molecule has 0 aliphatic heterocycles. The molecule has 0 saturated carbocycles. The van der Waals surface area contributed by atoms with Gasteiger partial charge in [-0.3, -0.25) is 9.36 Å². The average Bonchev–Trinajstić information content (AvgIpc) is 2.29. The highest BCUT2D eigenvalue weighted by Gasteiger charge is 2.03. The minimum absolute atomic E-state index is 0.0605. The summed E-state index contributed by atoms with van der Waals surface area (Å²) in [5.74, 6) is 0.328. The fraction of sp³-hybridized carbons (Fsp3) is 0.500. The van der Waals surface area contributed by atoms with Crippen molar-refractivity contribution in [2.24, 2.45) is 0 Å². The highest BCUT2D eigenvalue weighted by atomic mass is 16.5. The zero-order valence-electron chi connectivity index (χ0n) is 9.48. The minimum Gasteiger partial charge on any atom is -0.488 e. The maximum absolute atomic E-state index is 11.7. The molecular formula is C12H16N2O2. The van der Waals surface area contributed by atoms with E-state index in [9.17, 15) is 4.79 Å². The summed E-state index contributed by atoms with van der Waals surface area (Å²) in [6.45, 7) is 2.73. The van der Waals surface area contributed by atoms with E-state index < -0.39 is 0 Å². The Morgan fingerprint density at radius 2 is 2.31 bits per heavy atom. The summed E-state index contributed by atoms with van der Waals surface area (Å²) in [6.07, 6.45) is 4.75.